The van der Waals surface area contributed by atoms with Crippen LogP contribution < -0.4 is 5.32 Å². The summed E-state index contributed by atoms with van der Waals surface area (Å²) in [5, 5.41) is 3.30. The van der Waals surface area contributed by atoms with Crippen molar-refractivity contribution in [1.82, 2.24) is 10.2 Å². The zero-order valence-corrected chi connectivity index (χ0v) is 15.3. The van der Waals surface area contributed by atoms with E-state index in [4.69, 9.17) is 0 Å². The zero-order valence-electron chi connectivity index (χ0n) is 12.9. The number of carbonyl (C=O) groups excluding carboxylic acids is 1. The minimum absolute atomic E-state index is 0. The highest BCUT2D eigenvalue weighted by atomic mass is 79.9. The Balaban J connectivity index is 0.00000220. The number of halogens is 2. The molecule has 1 saturated heterocycles. The summed E-state index contributed by atoms with van der Waals surface area (Å²) in [6, 6.07) is 8.61. The predicted molar refractivity (Wildman–Crippen MR) is 93.1 cm³/mol. The van der Waals surface area contributed by atoms with Gasteiger partial charge in [-0.05, 0) is 51.4 Å². The fraction of sp³-hybridized carbons (Fsp3) is 0.562. The van der Waals surface area contributed by atoms with Gasteiger partial charge >= 0.3 is 0 Å². The minimum Gasteiger partial charge on any atom is -0.342 e. The van der Waals surface area contributed by atoms with Crippen molar-refractivity contribution in [2.45, 2.75) is 38.1 Å². The highest BCUT2D eigenvalue weighted by Gasteiger charge is 2.35. The first-order valence-electron chi connectivity index (χ1n) is 7.18. The summed E-state index contributed by atoms with van der Waals surface area (Å²) in [7, 11) is 1.99. The first kappa shape index (κ1) is 18.5. The molecule has 0 aliphatic carbocycles. The van der Waals surface area contributed by atoms with E-state index < -0.39 is 5.41 Å². The summed E-state index contributed by atoms with van der Waals surface area (Å²) < 4.78 is 1.04. The molecule has 0 unspecified atom stereocenters. The Kier molecular flexibility index (Phi) is 6.70. The van der Waals surface area contributed by atoms with Gasteiger partial charge in [0.05, 0.1) is 5.41 Å². The van der Waals surface area contributed by atoms with Gasteiger partial charge < -0.3 is 10.2 Å². The molecule has 0 spiro atoms. The smallest absolute Gasteiger partial charge is 0.232 e. The Bertz CT molecular complexity index is 468. The van der Waals surface area contributed by atoms with Crippen LogP contribution in [-0.2, 0) is 10.2 Å². The van der Waals surface area contributed by atoms with Gasteiger partial charge in [-0.15, -0.1) is 12.4 Å². The monoisotopic (exact) mass is 374 g/mol. The normalized spacial score (nSPS) is 16.5. The number of hydrogen-bond donors (Lipinski definition) is 1. The molecular formula is C16H24BrClN2O. The Morgan fingerprint density at radius 2 is 1.76 bits per heavy atom. The van der Waals surface area contributed by atoms with Crippen molar-refractivity contribution < 1.29 is 4.79 Å². The van der Waals surface area contributed by atoms with Crippen LogP contribution in [-0.4, -0.2) is 37.0 Å². The molecule has 0 saturated carbocycles. The molecule has 2 rings (SSSR count). The number of carbonyl (C=O) groups is 1. The molecule has 0 atom stereocenters. The van der Waals surface area contributed by atoms with Gasteiger partial charge in [0.1, 0.15) is 0 Å². The van der Waals surface area contributed by atoms with E-state index in [0.717, 1.165) is 36.0 Å². The first-order valence-corrected chi connectivity index (χ1v) is 7.97. The zero-order chi connectivity index (χ0) is 14.8. The average Bonchev–Trinajstić information content (AvgIpc) is 2.47. The molecule has 0 radical (unpaired) electrons. The molecule has 1 N–H and O–H groups in total. The number of piperidine rings is 1. The summed E-state index contributed by atoms with van der Waals surface area (Å²) in [5.74, 6) is 0.231. The summed E-state index contributed by atoms with van der Waals surface area (Å²) in [4.78, 5) is 14.8. The maximum atomic E-state index is 12.8. The lowest BCUT2D eigenvalue weighted by Gasteiger charge is -2.37. The highest BCUT2D eigenvalue weighted by Crippen LogP contribution is 2.28. The van der Waals surface area contributed by atoms with Gasteiger partial charge in [0.2, 0.25) is 5.91 Å². The maximum Gasteiger partial charge on any atom is 0.232 e. The molecule has 3 nitrogen and oxygen atoms in total. The quantitative estimate of drug-likeness (QED) is 0.878. The van der Waals surface area contributed by atoms with Crippen molar-refractivity contribution in [2.24, 2.45) is 0 Å². The van der Waals surface area contributed by atoms with Crippen LogP contribution in [0.25, 0.3) is 0 Å². The molecule has 1 amide bonds. The number of amides is 1. The second-order valence-corrected chi connectivity index (χ2v) is 6.90. The standard InChI is InChI=1S/C16H23BrN2O.ClH/c1-16(2,12-4-6-13(17)7-5-12)15(20)19-10-8-14(18-3)9-11-19;/h4-7,14,18H,8-11H2,1-3H3;1H. The molecule has 0 aromatic heterocycles. The van der Waals surface area contributed by atoms with Gasteiger partial charge in [0.25, 0.3) is 0 Å². The van der Waals surface area contributed by atoms with Gasteiger partial charge in [0.15, 0.2) is 0 Å². The third-order valence-electron chi connectivity index (χ3n) is 4.29. The lowest BCUT2D eigenvalue weighted by atomic mass is 9.82. The van der Waals surface area contributed by atoms with E-state index in [9.17, 15) is 4.79 Å². The van der Waals surface area contributed by atoms with E-state index in [1.807, 2.05) is 50.1 Å². The molecule has 21 heavy (non-hydrogen) atoms. The van der Waals surface area contributed by atoms with Crippen LogP contribution in [0.4, 0.5) is 0 Å². The Labute approximate surface area is 142 Å². The van der Waals surface area contributed by atoms with Crippen LogP contribution in [0.3, 0.4) is 0 Å². The fourth-order valence-electron chi connectivity index (χ4n) is 2.76. The number of benzene rings is 1. The lowest BCUT2D eigenvalue weighted by Crippen LogP contribution is -2.49. The second kappa shape index (κ2) is 7.61. The molecule has 1 aromatic carbocycles. The molecule has 1 heterocycles. The summed E-state index contributed by atoms with van der Waals surface area (Å²) in [6.45, 7) is 5.74. The SMILES string of the molecule is CNC1CCN(C(=O)C(C)(C)c2ccc(Br)cc2)CC1.Cl. The van der Waals surface area contributed by atoms with Gasteiger partial charge in [-0.3, -0.25) is 4.79 Å². The van der Waals surface area contributed by atoms with E-state index >= 15 is 0 Å². The molecule has 1 aliphatic rings. The summed E-state index contributed by atoms with van der Waals surface area (Å²) >= 11 is 3.44. The Morgan fingerprint density at radius 3 is 2.24 bits per heavy atom. The predicted octanol–water partition coefficient (Wildman–Crippen LogP) is 3.36. The number of nitrogens with zero attached hydrogens (tertiary/aromatic N) is 1. The van der Waals surface area contributed by atoms with E-state index in [0.29, 0.717) is 6.04 Å². The van der Waals surface area contributed by atoms with E-state index in [1.165, 1.54) is 0 Å². The molecular weight excluding hydrogens is 352 g/mol. The lowest BCUT2D eigenvalue weighted by molar-refractivity contribution is -0.137. The van der Waals surface area contributed by atoms with Crippen molar-refractivity contribution in [3.63, 3.8) is 0 Å². The van der Waals surface area contributed by atoms with Gasteiger partial charge in [-0.25, -0.2) is 0 Å². The van der Waals surface area contributed by atoms with Crippen molar-refractivity contribution in [3.8, 4) is 0 Å². The first-order chi connectivity index (χ1) is 9.45. The molecule has 1 aromatic rings. The third-order valence-corrected chi connectivity index (χ3v) is 4.82. The molecule has 5 heteroatoms. The van der Waals surface area contributed by atoms with Crippen LogP contribution in [0.2, 0.25) is 0 Å². The van der Waals surface area contributed by atoms with Crippen LogP contribution in [0.15, 0.2) is 28.7 Å². The molecule has 1 fully saturated rings. The number of hydrogen-bond acceptors (Lipinski definition) is 2. The average molecular weight is 376 g/mol. The topological polar surface area (TPSA) is 32.3 Å². The van der Waals surface area contributed by atoms with Crippen molar-refractivity contribution >= 4 is 34.2 Å². The van der Waals surface area contributed by atoms with Crippen LogP contribution >= 0.6 is 28.3 Å². The number of likely N-dealkylation sites (tertiary alicyclic amines) is 1. The number of nitrogens with one attached hydrogen (secondary N) is 1. The van der Waals surface area contributed by atoms with Crippen LogP contribution in [0.1, 0.15) is 32.3 Å². The fourth-order valence-corrected chi connectivity index (χ4v) is 3.02. The van der Waals surface area contributed by atoms with E-state index in [2.05, 4.69) is 21.2 Å². The third kappa shape index (κ3) is 4.21. The molecule has 1 aliphatic heterocycles. The summed E-state index contributed by atoms with van der Waals surface area (Å²) in [6.07, 6.45) is 2.08. The van der Waals surface area contributed by atoms with Crippen molar-refractivity contribution in [2.75, 3.05) is 20.1 Å². The largest absolute Gasteiger partial charge is 0.342 e. The highest BCUT2D eigenvalue weighted by molar-refractivity contribution is 9.10. The van der Waals surface area contributed by atoms with Crippen molar-refractivity contribution in [3.05, 3.63) is 34.3 Å². The molecule has 0 bridgehead atoms. The maximum absolute atomic E-state index is 12.8. The Hall–Kier alpha value is -0.580. The van der Waals surface area contributed by atoms with Gasteiger partial charge in [0, 0.05) is 23.6 Å². The van der Waals surface area contributed by atoms with Crippen molar-refractivity contribution in [1.29, 1.82) is 0 Å². The van der Waals surface area contributed by atoms with Gasteiger partial charge in [-0.1, -0.05) is 28.1 Å². The second-order valence-electron chi connectivity index (χ2n) is 5.99. The minimum atomic E-state index is -0.465. The van der Waals surface area contributed by atoms with E-state index in [-0.39, 0.29) is 18.3 Å². The van der Waals surface area contributed by atoms with Gasteiger partial charge in [-0.2, -0.15) is 0 Å². The van der Waals surface area contributed by atoms with Crippen LogP contribution in [0.5, 0.6) is 0 Å². The number of rotatable bonds is 3. The van der Waals surface area contributed by atoms with E-state index in [1.54, 1.807) is 0 Å². The van der Waals surface area contributed by atoms with Crippen LogP contribution in [0, 0.1) is 0 Å². The molecule has 118 valence electrons. The summed E-state index contributed by atoms with van der Waals surface area (Å²) in [5.41, 5.74) is 0.606. The Morgan fingerprint density at radius 1 is 1.24 bits per heavy atom.